The maximum atomic E-state index is 12.2. The molecule has 4 rings (SSSR count). The van der Waals surface area contributed by atoms with Gasteiger partial charge in [-0.25, -0.2) is 0 Å². The first kappa shape index (κ1) is 15.4. The van der Waals surface area contributed by atoms with Crippen LogP contribution in [0.25, 0.3) is 11.5 Å². The molecule has 2 aliphatic heterocycles. The van der Waals surface area contributed by atoms with Gasteiger partial charge in [-0.2, -0.15) is 0 Å². The molecule has 1 amide bonds. The van der Waals surface area contributed by atoms with Gasteiger partial charge in [0.1, 0.15) is 6.26 Å². The molecule has 0 radical (unpaired) electrons. The first-order chi connectivity index (χ1) is 11.8. The zero-order chi connectivity index (χ0) is 16.4. The highest BCUT2D eigenvalue weighted by molar-refractivity contribution is 5.78. The molecule has 7 heteroatoms. The minimum absolute atomic E-state index is 0.269. The van der Waals surface area contributed by atoms with Crippen LogP contribution >= 0.6 is 0 Å². The number of carbonyl (C=O) groups is 1. The second-order valence-corrected chi connectivity index (χ2v) is 6.60. The maximum absolute atomic E-state index is 12.2. The Morgan fingerprint density at radius 2 is 1.96 bits per heavy atom. The predicted molar refractivity (Wildman–Crippen MR) is 86.2 cm³/mol. The van der Waals surface area contributed by atoms with Gasteiger partial charge in [-0.15, -0.1) is 10.2 Å². The minimum atomic E-state index is 0.269. The summed E-state index contributed by atoms with van der Waals surface area (Å²) >= 11 is 0. The van der Waals surface area contributed by atoms with E-state index < -0.39 is 0 Å². The highest BCUT2D eigenvalue weighted by Crippen LogP contribution is 2.29. The quantitative estimate of drug-likeness (QED) is 0.855. The standard InChI is InChI=1S/C17H22N4O3/c22-15(21-6-1-2-7-21)11-20-8-3-13(4-9-20)16-18-19-17(24-16)14-5-10-23-12-14/h5,10,12-13H,1-4,6-9,11H2. The van der Waals surface area contributed by atoms with Crippen molar-refractivity contribution in [1.82, 2.24) is 20.0 Å². The molecule has 0 atom stereocenters. The number of likely N-dealkylation sites (tertiary alicyclic amines) is 2. The lowest BCUT2D eigenvalue weighted by Crippen LogP contribution is -2.42. The molecule has 0 bridgehead atoms. The van der Waals surface area contributed by atoms with E-state index in [0.29, 0.717) is 18.3 Å². The second kappa shape index (κ2) is 6.76. The van der Waals surface area contributed by atoms with Gasteiger partial charge in [0.15, 0.2) is 0 Å². The smallest absolute Gasteiger partial charge is 0.250 e. The van der Waals surface area contributed by atoms with E-state index in [2.05, 4.69) is 15.1 Å². The van der Waals surface area contributed by atoms with Crippen LogP contribution in [0.15, 0.2) is 27.4 Å². The highest BCUT2D eigenvalue weighted by Gasteiger charge is 2.27. The lowest BCUT2D eigenvalue weighted by molar-refractivity contribution is -0.131. The van der Waals surface area contributed by atoms with E-state index in [-0.39, 0.29) is 11.8 Å². The normalized spacial score (nSPS) is 19.9. The molecule has 128 valence electrons. The number of piperidine rings is 1. The summed E-state index contributed by atoms with van der Waals surface area (Å²) in [7, 11) is 0. The molecule has 0 saturated carbocycles. The van der Waals surface area contributed by atoms with Gasteiger partial charge >= 0.3 is 0 Å². The summed E-state index contributed by atoms with van der Waals surface area (Å²) in [4.78, 5) is 16.5. The lowest BCUT2D eigenvalue weighted by Gasteiger charge is -2.31. The Balaban J connectivity index is 1.30. The van der Waals surface area contributed by atoms with Crippen molar-refractivity contribution < 1.29 is 13.6 Å². The number of aromatic nitrogens is 2. The number of amides is 1. The van der Waals surface area contributed by atoms with E-state index in [9.17, 15) is 4.79 Å². The molecule has 7 nitrogen and oxygen atoms in total. The highest BCUT2D eigenvalue weighted by atomic mass is 16.4. The van der Waals surface area contributed by atoms with Crippen molar-refractivity contribution in [3.8, 4) is 11.5 Å². The van der Waals surface area contributed by atoms with E-state index in [1.165, 1.54) is 0 Å². The van der Waals surface area contributed by atoms with Crippen LogP contribution in [-0.4, -0.2) is 58.6 Å². The molecule has 24 heavy (non-hydrogen) atoms. The first-order valence-electron chi connectivity index (χ1n) is 8.66. The Morgan fingerprint density at radius 3 is 2.67 bits per heavy atom. The van der Waals surface area contributed by atoms with E-state index in [0.717, 1.165) is 57.4 Å². The molecular weight excluding hydrogens is 308 g/mol. The fourth-order valence-corrected chi connectivity index (χ4v) is 3.50. The zero-order valence-electron chi connectivity index (χ0n) is 13.7. The summed E-state index contributed by atoms with van der Waals surface area (Å²) in [5.74, 6) is 1.74. The largest absolute Gasteiger partial charge is 0.472 e. The third-order valence-electron chi connectivity index (χ3n) is 4.96. The summed E-state index contributed by atoms with van der Waals surface area (Å²) in [6.45, 7) is 4.18. The molecule has 0 unspecified atom stereocenters. The molecule has 2 fully saturated rings. The number of nitrogens with zero attached hydrogens (tertiary/aromatic N) is 4. The Hall–Kier alpha value is -2.15. The van der Waals surface area contributed by atoms with Gasteiger partial charge < -0.3 is 13.7 Å². The van der Waals surface area contributed by atoms with Crippen molar-refractivity contribution in [2.24, 2.45) is 0 Å². The van der Waals surface area contributed by atoms with E-state index in [1.54, 1.807) is 12.5 Å². The molecule has 0 N–H and O–H groups in total. The number of furan rings is 1. The third-order valence-corrected chi connectivity index (χ3v) is 4.96. The Morgan fingerprint density at radius 1 is 1.17 bits per heavy atom. The van der Waals surface area contributed by atoms with Crippen LogP contribution in [0, 0.1) is 0 Å². The molecule has 4 heterocycles. The van der Waals surface area contributed by atoms with Crippen molar-refractivity contribution in [3.63, 3.8) is 0 Å². The van der Waals surface area contributed by atoms with Crippen LogP contribution in [0.3, 0.4) is 0 Å². The van der Waals surface area contributed by atoms with Gasteiger partial charge in [-0.3, -0.25) is 9.69 Å². The summed E-state index contributed by atoms with van der Waals surface area (Å²) in [5, 5.41) is 8.30. The summed E-state index contributed by atoms with van der Waals surface area (Å²) in [6.07, 6.45) is 7.37. The second-order valence-electron chi connectivity index (χ2n) is 6.60. The van der Waals surface area contributed by atoms with Crippen molar-refractivity contribution in [1.29, 1.82) is 0 Å². The lowest BCUT2D eigenvalue weighted by atomic mass is 9.97. The first-order valence-corrected chi connectivity index (χ1v) is 8.66. The van der Waals surface area contributed by atoms with Crippen LogP contribution in [0.1, 0.15) is 37.5 Å². The maximum Gasteiger partial charge on any atom is 0.250 e. The van der Waals surface area contributed by atoms with E-state index in [1.807, 2.05) is 11.0 Å². The topological polar surface area (TPSA) is 75.6 Å². The molecule has 0 spiro atoms. The van der Waals surface area contributed by atoms with Gasteiger partial charge in [0, 0.05) is 19.0 Å². The number of hydrogen-bond acceptors (Lipinski definition) is 6. The van der Waals surface area contributed by atoms with Crippen molar-refractivity contribution in [2.75, 3.05) is 32.7 Å². The van der Waals surface area contributed by atoms with Gasteiger partial charge in [0.05, 0.1) is 18.4 Å². The molecule has 2 saturated heterocycles. The number of carbonyl (C=O) groups excluding carboxylic acids is 1. The molecule has 0 aliphatic carbocycles. The summed E-state index contributed by atoms with van der Waals surface area (Å²) in [5.41, 5.74) is 0.808. The van der Waals surface area contributed by atoms with Crippen molar-refractivity contribution >= 4 is 5.91 Å². The summed E-state index contributed by atoms with van der Waals surface area (Å²) in [6, 6.07) is 1.81. The van der Waals surface area contributed by atoms with Gasteiger partial charge in [-0.1, -0.05) is 0 Å². The van der Waals surface area contributed by atoms with Gasteiger partial charge in [-0.05, 0) is 44.8 Å². The Kier molecular flexibility index (Phi) is 4.34. The molecule has 2 aromatic rings. The van der Waals surface area contributed by atoms with Gasteiger partial charge in [0.25, 0.3) is 5.89 Å². The van der Waals surface area contributed by atoms with Gasteiger partial charge in [0.2, 0.25) is 11.8 Å². The summed E-state index contributed by atoms with van der Waals surface area (Å²) < 4.78 is 10.8. The monoisotopic (exact) mass is 330 g/mol. The van der Waals surface area contributed by atoms with Crippen LogP contribution in [0.4, 0.5) is 0 Å². The zero-order valence-corrected chi connectivity index (χ0v) is 13.7. The number of hydrogen-bond donors (Lipinski definition) is 0. The SMILES string of the molecule is O=C(CN1CCC(c2nnc(-c3ccoc3)o2)CC1)N1CCCC1. The average molecular weight is 330 g/mol. The van der Waals surface area contributed by atoms with Crippen molar-refractivity contribution in [3.05, 3.63) is 24.5 Å². The fourth-order valence-electron chi connectivity index (χ4n) is 3.50. The minimum Gasteiger partial charge on any atom is -0.472 e. The fraction of sp³-hybridized carbons (Fsp3) is 0.588. The van der Waals surface area contributed by atoms with E-state index >= 15 is 0 Å². The predicted octanol–water partition coefficient (Wildman–Crippen LogP) is 2.13. The molecule has 0 aromatic carbocycles. The van der Waals surface area contributed by atoms with Crippen LogP contribution < -0.4 is 0 Å². The van der Waals surface area contributed by atoms with Crippen LogP contribution in [0.2, 0.25) is 0 Å². The van der Waals surface area contributed by atoms with E-state index in [4.69, 9.17) is 8.83 Å². The van der Waals surface area contributed by atoms with Crippen LogP contribution in [-0.2, 0) is 4.79 Å². The van der Waals surface area contributed by atoms with Crippen molar-refractivity contribution in [2.45, 2.75) is 31.6 Å². The molecule has 2 aliphatic rings. The Bertz CT molecular complexity index is 668. The third kappa shape index (κ3) is 3.21. The molecule has 2 aromatic heterocycles. The molecular formula is C17H22N4O3. The van der Waals surface area contributed by atoms with Crippen LogP contribution in [0.5, 0.6) is 0 Å². The average Bonchev–Trinajstić information content (AvgIpc) is 3.35. The Labute approximate surface area is 140 Å². The number of rotatable bonds is 4.